The zero-order valence-corrected chi connectivity index (χ0v) is 15.0. The van der Waals surface area contributed by atoms with E-state index in [0.717, 1.165) is 4.47 Å². The number of carbonyl (C=O) groups excluding carboxylic acids is 1. The quantitative estimate of drug-likeness (QED) is 0.835. The van der Waals surface area contributed by atoms with E-state index in [1.54, 1.807) is 25.3 Å². The third-order valence-corrected chi connectivity index (χ3v) is 5.26. The van der Waals surface area contributed by atoms with E-state index in [0.29, 0.717) is 24.5 Å². The van der Waals surface area contributed by atoms with Gasteiger partial charge in [-0.3, -0.25) is 4.79 Å². The number of rotatable bonds is 5. The third kappa shape index (κ3) is 2.75. The molecule has 5 nitrogen and oxygen atoms in total. The average Bonchev–Trinajstić information content (AvgIpc) is 2.47. The maximum Gasteiger partial charge on any atom is 0.245 e. The van der Waals surface area contributed by atoms with Crippen molar-refractivity contribution in [3.8, 4) is 5.75 Å². The molecule has 1 saturated carbocycles. The van der Waals surface area contributed by atoms with Crippen LogP contribution in [-0.4, -0.2) is 31.3 Å². The Morgan fingerprint density at radius 3 is 2.68 bits per heavy atom. The van der Waals surface area contributed by atoms with E-state index < -0.39 is 11.0 Å². The van der Waals surface area contributed by atoms with Gasteiger partial charge in [-0.05, 0) is 41.1 Å². The van der Waals surface area contributed by atoms with Gasteiger partial charge in [0.1, 0.15) is 11.3 Å². The largest absolute Gasteiger partial charge is 0.496 e. The number of halogens is 1. The summed E-state index contributed by atoms with van der Waals surface area (Å²) >= 11 is 3.40. The van der Waals surface area contributed by atoms with Gasteiger partial charge in [0.05, 0.1) is 17.7 Å². The predicted octanol–water partition coefficient (Wildman–Crippen LogP) is 2.93. The topological polar surface area (TPSA) is 73.6 Å². The fourth-order valence-electron chi connectivity index (χ4n) is 2.81. The standard InChI is InChI=1S/C16H23BrN2O3/c1-5-22-13-9-16(18,15(13,2)3)14(20)19-10-6-7-12(21-4)11(17)8-10/h6-8,13H,5,9,18H2,1-4H3,(H,19,20). The zero-order chi connectivity index (χ0) is 16.5. The van der Waals surface area contributed by atoms with E-state index >= 15 is 0 Å². The molecule has 0 bridgehead atoms. The van der Waals surface area contributed by atoms with Crippen LogP contribution >= 0.6 is 15.9 Å². The molecule has 0 aliphatic heterocycles. The lowest BCUT2D eigenvalue weighted by molar-refractivity contribution is -0.166. The fourth-order valence-corrected chi connectivity index (χ4v) is 3.35. The fraction of sp³-hybridized carbons (Fsp3) is 0.562. The van der Waals surface area contributed by atoms with E-state index in [4.69, 9.17) is 15.2 Å². The van der Waals surface area contributed by atoms with Crippen molar-refractivity contribution in [2.45, 2.75) is 38.8 Å². The Morgan fingerprint density at radius 1 is 1.50 bits per heavy atom. The number of ether oxygens (including phenoxy) is 2. The summed E-state index contributed by atoms with van der Waals surface area (Å²) in [6, 6.07) is 5.38. The highest BCUT2D eigenvalue weighted by molar-refractivity contribution is 9.10. The van der Waals surface area contributed by atoms with Crippen LogP contribution in [0.15, 0.2) is 22.7 Å². The Morgan fingerprint density at radius 2 is 2.18 bits per heavy atom. The number of carbonyl (C=O) groups is 1. The van der Waals surface area contributed by atoms with Crippen molar-refractivity contribution in [1.82, 2.24) is 0 Å². The van der Waals surface area contributed by atoms with Gasteiger partial charge in [0.2, 0.25) is 5.91 Å². The Bertz CT molecular complexity index is 577. The highest BCUT2D eigenvalue weighted by Gasteiger charge is 2.62. The van der Waals surface area contributed by atoms with Crippen LogP contribution < -0.4 is 15.8 Å². The first-order chi connectivity index (χ1) is 10.3. The van der Waals surface area contributed by atoms with E-state index in [1.807, 2.05) is 20.8 Å². The molecule has 1 aromatic rings. The summed E-state index contributed by atoms with van der Waals surface area (Å²) in [6.07, 6.45) is 0.535. The number of benzene rings is 1. The second kappa shape index (κ2) is 6.18. The molecule has 1 aliphatic rings. The number of methoxy groups -OCH3 is 1. The van der Waals surface area contributed by atoms with E-state index in [-0.39, 0.29) is 12.0 Å². The first-order valence-corrected chi connectivity index (χ1v) is 8.11. The number of hydrogen-bond donors (Lipinski definition) is 2. The normalized spacial score (nSPS) is 26.2. The maximum atomic E-state index is 12.6. The summed E-state index contributed by atoms with van der Waals surface area (Å²) in [4.78, 5) is 12.6. The van der Waals surface area contributed by atoms with Gasteiger partial charge in [0, 0.05) is 24.1 Å². The third-order valence-electron chi connectivity index (χ3n) is 4.64. The predicted molar refractivity (Wildman–Crippen MR) is 90.1 cm³/mol. The van der Waals surface area contributed by atoms with Crippen molar-refractivity contribution < 1.29 is 14.3 Å². The van der Waals surface area contributed by atoms with E-state index in [2.05, 4.69) is 21.2 Å². The summed E-state index contributed by atoms with van der Waals surface area (Å²) in [5, 5.41) is 2.89. The van der Waals surface area contributed by atoms with Crippen LogP contribution in [0.25, 0.3) is 0 Å². The Hall–Kier alpha value is -1.11. The Balaban J connectivity index is 2.11. The number of amides is 1. The first-order valence-electron chi connectivity index (χ1n) is 7.31. The second-order valence-corrected chi connectivity index (χ2v) is 7.00. The number of nitrogens with two attached hydrogens (primary N) is 1. The van der Waals surface area contributed by atoms with Crippen LogP contribution in [0.5, 0.6) is 5.75 Å². The SMILES string of the molecule is CCOC1CC(N)(C(=O)Nc2ccc(OC)c(Br)c2)C1(C)C. The van der Waals surface area contributed by atoms with Crippen LogP contribution in [0.2, 0.25) is 0 Å². The second-order valence-electron chi connectivity index (χ2n) is 6.14. The minimum atomic E-state index is -0.931. The van der Waals surface area contributed by atoms with Gasteiger partial charge in [0.15, 0.2) is 0 Å². The zero-order valence-electron chi connectivity index (χ0n) is 13.4. The number of nitrogens with one attached hydrogen (secondary N) is 1. The van der Waals surface area contributed by atoms with Gasteiger partial charge in [-0.15, -0.1) is 0 Å². The average molecular weight is 371 g/mol. The minimum absolute atomic E-state index is 0.0100. The molecule has 122 valence electrons. The monoisotopic (exact) mass is 370 g/mol. The lowest BCUT2D eigenvalue weighted by atomic mass is 9.54. The van der Waals surface area contributed by atoms with Gasteiger partial charge in [-0.25, -0.2) is 0 Å². The molecule has 22 heavy (non-hydrogen) atoms. The molecule has 0 radical (unpaired) electrons. The molecular weight excluding hydrogens is 348 g/mol. The van der Waals surface area contributed by atoms with Crippen molar-refractivity contribution in [3.05, 3.63) is 22.7 Å². The molecule has 1 aromatic carbocycles. The molecule has 3 N–H and O–H groups in total. The van der Waals surface area contributed by atoms with Crippen molar-refractivity contribution in [1.29, 1.82) is 0 Å². The first kappa shape index (κ1) is 17.2. The highest BCUT2D eigenvalue weighted by atomic mass is 79.9. The molecular formula is C16H23BrN2O3. The lowest BCUT2D eigenvalue weighted by Crippen LogP contribution is -2.74. The van der Waals surface area contributed by atoms with Crippen LogP contribution in [0.3, 0.4) is 0 Å². The molecule has 1 aliphatic carbocycles. The van der Waals surface area contributed by atoms with Gasteiger partial charge in [-0.1, -0.05) is 13.8 Å². The van der Waals surface area contributed by atoms with E-state index in [9.17, 15) is 4.79 Å². The molecule has 2 rings (SSSR count). The summed E-state index contributed by atoms with van der Waals surface area (Å²) in [7, 11) is 1.60. The van der Waals surface area contributed by atoms with Gasteiger partial charge in [0.25, 0.3) is 0 Å². The lowest BCUT2D eigenvalue weighted by Gasteiger charge is -2.57. The molecule has 0 spiro atoms. The molecule has 0 heterocycles. The minimum Gasteiger partial charge on any atom is -0.496 e. The molecule has 1 amide bonds. The van der Waals surface area contributed by atoms with Crippen LogP contribution in [0, 0.1) is 5.41 Å². The smallest absolute Gasteiger partial charge is 0.245 e. The van der Waals surface area contributed by atoms with E-state index in [1.165, 1.54) is 0 Å². The molecule has 0 aromatic heterocycles. The highest BCUT2D eigenvalue weighted by Crippen LogP contribution is 2.50. The van der Waals surface area contributed by atoms with Crippen molar-refractivity contribution in [2.75, 3.05) is 19.0 Å². The summed E-state index contributed by atoms with van der Waals surface area (Å²) in [6.45, 7) is 6.51. The molecule has 0 saturated heterocycles. The Labute approximate surface area is 139 Å². The maximum absolute atomic E-state index is 12.6. The summed E-state index contributed by atoms with van der Waals surface area (Å²) in [5.74, 6) is 0.520. The molecule has 1 fully saturated rings. The van der Waals surface area contributed by atoms with Gasteiger partial charge < -0.3 is 20.5 Å². The van der Waals surface area contributed by atoms with Gasteiger partial charge >= 0.3 is 0 Å². The summed E-state index contributed by atoms with van der Waals surface area (Å²) in [5.41, 5.74) is 5.70. The summed E-state index contributed by atoms with van der Waals surface area (Å²) < 4.78 is 11.6. The van der Waals surface area contributed by atoms with Crippen LogP contribution in [0.1, 0.15) is 27.2 Å². The number of anilines is 1. The van der Waals surface area contributed by atoms with Crippen molar-refractivity contribution in [2.24, 2.45) is 11.1 Å². The molecule has 2 atom stereocenters. The van der Waals surface area contributed by atoms with Gasteiger partial charge in [-0.2, -0.15) is 0 Å². The van der Waals surface area contributed by atoms with Crippen molar-refractivity contribution >= 4 is 27.5 Å². The van der Waals surface area contributed by atoms with Crippen molar-refractivity contribution in [3.63, 3.8) is 0 Å². The van der Waals surface area contributed by atoms with Crippen LogP contribution in [-0.2, 0) is 9.53 Å². The van der Waals surface area contributed by atoms with Crippen LogP contribution in [0.4, 0.5) is 5.69 Å². The molecule has 2 unspecified atom stereocenters. The molecule has 6 heteroatoms. The Kier molecular flexibility index (Phi) is 4.84. The number of hydrogen-bond acceptors (Lipinski definition) is 4.